The first-order valence-corrected chi connectivity index (χ1v) is 18.2. The predicted octanol–water partition coefficient (Wildman–Crippen LogP) is 12.5. The fourth-order valence-electron chi connectivity index (χ4n) is 5.61. The van der Waals surface area contributed by atoms with Crippen LogP contribution in [0.1, 0.15) is 137 Å². The molecule has 0 heterocycles. The van der Waals surface area contributed by atoms with Crippen molar-refractivity contribution in [1.29, 1.82) is 0 Å². The molecule has 0 aliphatic carbocycles. The van der Waals surface area contributed by atoms with Gasteiger partial charge in [-0.25, -0.2) is 14.0 Å². The van der Waals surface area contributed by atoms with Crippen molar-refractivity contribution in [3.63, 3.8) is 0 Å². The number of unbranched alkanes of at least 4 members (excludes halogenated alkanes) is 13. The highest BCUT2D eigenvalue weighted by Gasteiger charge is 2.42. The Bertz CT molecular complexity index is 1420. The van der Waals surface area contributed by atoms with Crippen LogP contribution >= 0.6 is 0 Å². The predicted molar refractivity (Wildman–Crippen MR) is 189 cm³/mol. The summed E-state index contributed by atoms with van der Waals surface area (Å²) in [5.74, 6) is -2.88. The second-order valence-electron chi connectivity index (χ2n) is 12.8. The van der Waals surface area contributed by atoms with Gasteiger partial charge in [-0.05, 0) is 72.9 Å². The Kier molecular flexibility index (Phi) is 17.9. The Morgan fingerprint density at radius 3 is 1.66 bits per heavy atom. The van der Waals surface area contributed by atoms with Gasteiger partial charge in [-0.3, -0.25) is 0 Å². The molecule has 0 amide bonds. The van der Waals surface area contributed by atoms with Gasteiger partial charge in [-0.15, -0.1) is 0 Å². The largest absolute Gasteiger partial charge is 0.494 e. The summed E-state index contributed by atoms with van der Waals surface area (Å²) in [7, 11) is 0. The molecule has 3 aromatic rings. The number of carbonyl (C=O) groups is 2. The molecule has 0 bridgehead atoms. The maximum Gasteiger partial charge on any atom is 0.425 e. The first-order valence-electron chi connectivity index (χ1n) is 18.2. The maximum absolute atomic E-state index is 14.8. The molecule has 0 radical (unpaired) electrons. The van der Waals surface area contributed by atoms with E-state index in [0.29, 0.717) is 19.1 Å². The summed E-state index contributed by atoms with van der Waals surface area (Å²) in [6.07, 6.45) is 8.37. The lowest BCUT2D eigenvalue weighted by atomic mass is 10.0. The van der Waals surface area contributed by atoms with Gasteiger partial charge in [0.2, 0.25) is 0 Å². The van der Waals surface area contributed by atoms with Gasteiger partial charge in [-0.2, -0.15) is 13.2 Å². The van der Waals surface area contributed by atoms with E-state index < -0.39 is 41.3 Å². The monoisotopic (exact) mass is 700 g/mol. The lowest BCUT2D eigenvalue weighted by molar-refractivity contribution is -0.206. The molecule has 0 aliphatic heterocycles. The first-order chi connectivity index (χ1) is 24.1. The van der Waals surface area contributed by atoms with Crippen molar-refractivity contribution in [3.8, 4) is 22.6 Å². The van der Waals surface area contributed by atoms with E-state index in [2.05, 4.69) is 13.8 Å². The molecule has 50 heavy (non-hydrogen) atoms. The van der Waals surface area contributed by atoms with Gasteiger partial charge in [0.25, 0.3) is 0 Å². The zero-order valence-electron chi connectivity index (χ0n) is 29.5. The van der Waals surface area contributed by atoms with Crippen LogP contribution in [0.3, 0.4) is 0 Å². The summed E-state index contributed by atoms with van der Waals surface area (Å²) < 4.78 is 71.3. The molecule has 9 heteroatoms. The number of ether oxygens (including phenoxy) is 3. The summed E-state index contributed by atoms with van der Waals surface area (Å²) in [5, 5.41) is 0. The highest BCUT2D eigenvalue weighted by Crippen LogP contribution is 2.29. The average molecular weight is 701 g/mol. The van der Waals surface area contributed by atoms with Crippen LogP contribution < -0.4 is 9.47 Å². The zero-order chi connectivity index (χ0) is 36.2. The summed E-state index contributed by atoms with van der Waals surface area (Å²) >= 11 is 0. The molecular weight excluding hydrogens is 648 g/mol. The summed E-state index contributed by atoms with van der Waals surface area (Å²) in [5.41, 5.74) is 1.53. The number of hydrogen-bond donors (Lipinski definition) is 0. The summed E-state index contributed by atoms with van der Waals surface area (Å²) in [6, 6.07) is 17.1. The van der Waals surface area contributed by atoms with Crippen molar-refractivity contribution in [2.75, 3.05) is 6.61 Å². The summed E-state index contributed by atoms with van der Waals surface area (Å²) in [6.45, 7) is 4.99. The summed E-state index contributed by atoms with van der Waals surface area (Å²) in [4.78, 5) is 25.2. The molecule has 0 aliphatic rings. The average Bonchev–Trinajstić information content (AvgIpc) is 3.10. The quantitative estimate of drug-likeness (QED) is 0.0426. The Balaban J connectivity index is 1.47. The van der Waals surface area contributed by atoms with Crippen LogP contribution in [0.15, 0.2) is 66.7 Å². The van der Waals surface area contributed by atoms with Gasteiger partial charge < -0.3 is 14.2 Å². The fourth-order valence-corrected chi connectivity index (χ4v) is 5.61. The van der Waals surface area contributed by atoms with Crippen molar-refractivity contribution in [1.82, 2.24) is 0 Å². The fraction of sp³-hybridized carbons (Fsp3) is 0.512. The minimum absolute atomic E-state index is 0.167. The van der Waals surface area contributed by atoms with Gasteiger partial charge in [0, 0.05) is 0 Å². The molecule has 0 fully saturated rings. The van der Waals surface area contributed by atoms with Crippen molar-refractivity contribution in [2.45, 2.75) is 129 Å². The van der Waals surface area contributed by atoms with Crippen LogP contribution in [0, 0.1) is 5.82 Å². The van der Waals surface area contributed by atoms with Gasteiger partial charge in [-0.1, -0.05) is 122 Å². The third-order valence-corrected chi connectivity index (χ3v) is 8.63. The Morgan fingerprint density at radius 1 is 0.620 bits per heavy atom. The number of carbonyl (C=O) groups excluding carboxylic acids is 2. The molecule has 5 nitrogen and oxygen atoms in total. The molecule has 0 aromatic heterocycles. The second-order valence-corrected chi connectivity index (χ2v) is 12.8. The van der Waals surface area contributed by atoms with E-state index in [4.69, 9.17) is 14.2 Å². The van der Waals surface area contributed by atoms with Crippen LogP contribution in [-0.4, -0.2) is 30.8 Å². The normalized spacial score (nSPS) is 12.0. The molecule has 1 unspecified atom stereocenters. The highest BCUT2D eigenvalue weighted by molar-refractivity contribution is 5.92. The van der Waals surface area contributed by atoms with E-state index in [1.807, 2.05) is 24.3 Å². The van der Waals surface area contributed by atoms with Crippen LogP contribution in [0.25, 0.3) is 11.1 Å². The van der Waals surface area contributed by atoms with E-state index in [0.717, 1.165) is 74.0 Å². The van der Waals surface area contributed by atoms with E-state index in [-0.39, 0.29) is 18.4 Å². The number of hydrogen-bond acceptors (Lipinski definition) is 5. The van der Waals surface area contributed by atoms with Crippen molar-refractivity contribution in [2.24, 2.45) is 0 Å². The van der Waals surface area contributed by atoms with Crippen molar-refractivity contribution < 1.29 is 41.4 Å². The van der Waals surface area contributed by atoms with Gasteiger partial charge in [0.05, 0.1) is 17.7 Å². The molecular formula is C41H52F4O5. The van der Waals surface area contributed by atoms with Gasteiger partial charge >= 0.3 is 18.1 Å². The Morgan fingerprint density at radius 2 is 1.12 bits per heavy atom. The standard InChI is InChI=1S/C41H52F4O5/c1-3-5-7-9-11-13-15-17-29-48-35-26-23-32(24-27-35)31-19-21-33(22-20-31)39(46)49-37-28-25-34(30-36(37)42)40(47)50-38(41(43,44)45)18-16-14-12-10-8-6-4-2/h19-28,30,38H,3-18,29H2,1-2H3. The third kappa shape index (κ3) is 14.5. The van der Waals surface area contributed by atoms with Crippen molar-refractivity contribution in [3.05, 3.63) is 83.7 Å². The number of alkyl halides is 3. The molecule has 3 rings (SSSR count). The smallest absolute Gasteiger partial charge is 0.425 e. The number of halogens is 4. The van der Waals surface area contributed by atoms with Crippen LogP contribution in [0.4, 0.5) is 17.6 Å². The highest BCUT2D eigenvalue weighted by atomic mass is 19.4. The van der Waals surface area contributed by atoms with E-state index in [1.165, 1.54) is 38.5 Å². The molecule has 1 atom stereocenters. The Labute approximate surface area is 294 Å². The molecule has 0 saturated heterocycles. The minimum Gasteiger partial charge on any atom is -0.494 e. The van der Waals surface area contributed by atoms with E-state index in [9.17, 15) is 27.2 Å². The second kappa shape index (κ2) is 22.0. The number of rotatable bonds is 23. The molecule has 0 N–H and O–H groups in total. The lowest BCUT2D eigenvalue weighted by Crippen LogP contribution is -2.34. The van der Waals surface area contributed by atoms with Crippen LogP contribution in [-0.2, 0) is 4.74 Å². The van der Waals surface area contributed by atoms with Crippen LogP contribution in [0.2, 0.25) is 0 Å². The molecule has 0 spiro atoms. The van der Waals surface area contributed by atoms with Crippen molar-refractivity contribution >= 4 is 11.9 Å². The molecule has 3 aromatic carbocycles. The topological polar surface area (TPSA) is 61.8 Å². The first kappa shape index (κ1) is 40.5. The van der Waals surface area contributed by atoms with E-state index >= 15 is 0 Å². The minimum atomic E-state index is -4.74. The molecule has 274 valence electrons. The zero-order valence-corrected chi connectivity index (χ0v) is 29.5. The lowest BCUT2D eigenvalue weighted by Gasteiger charge is -2.21. The molecule has 0 saturated carbocycles. The number of esters is 2. The van der Waals surface area contributed by atoms with Crippen LogP contribution in [0.5, 0.6) is 11.5 Å². The Hall–Kier alpha value is -3.88. The van der Waals surface area contributed by atoms with E-state index in [1.54, 1.807) is 24.3 Å². The third-order valence-electron chi connectivity index (χ3n) is 8.63. The SMILES string of the molecule is CCCCCCCCCCOc1ccc(-c2ccc(C(=O)Oc3ccc(C(=O)OC(CCCCCCCCC)C(F)(F)F)cc3F)cc2)cc1. The number of benzene rings is 3. The maximum atomic E-state index is 14.8. The van der Waals surface area contributed by atoms with Gasteiger partial charge in [0.1, 0.15) is 5.75 Å². The van der Waals surface area contributed by atoms with Gasteiger partial charge in [0.15, 0.2) is 17.7 Å².